The van der Waals surface area contributed by atoms with Crippen molar-refractivity contribution in [2.45, 2.75) is 58.7 Å². The molecule has 2 aromatic carbocycles. The lowest BCUT2D eigenvalue weighted by Crippen LogP contribution is -2.52. The molecule has 0 saturated carbocycles. The van der Waals surface area contributed by atoms with Crippen molar-refractivity contribution in [2.24, 2.45) is 5.73 Å². The Morgan fingerprint density at radius 2 is 1.69 bits per heavy atom. The second-order valence-corrected chi connectivity index (χ2v) is 9.57. The molecular weight excluding hydrogens is 464 g/mol. The zero-order valence-corrected chi connectivity index (χ0v) is 21.4. The quantitative estimate of drug-likeness (QED) is 0.439. The first-order valence-electron chi connectivity index (χ1n) is 11.4. The molecule has 0 bridgehead atoms. The number of phenols is 1. The minimum absolute atomic E-state index is 0.0315. The standard InChI is InChI=1S/C26H34N4O6/c1-15-9-7-8-10-18(15)28-23(33)22(17-11-12-20(31)16(2)13-17)30(6)24(34)19(14-21(27)32)29-25(35)36-26(3,4)5/h7-13,19,22,31H,14H2,1-6H3,(H2,27,32)(H,28,33)(H,29,35). The van der Waals surface area contributed by atoms with Crippen LogP contribution in [0.15, 0.2) is 42.5 Å². The first kappa shape index (κ1) is 28.2. The number of nitrogens with one attached hydrogen (secondary N) is 2. The van der Waals surface area contributed by atoms with Crippen LogP contribution < -0.4 is 16.4 Å². The Morgan fingerprint density at radius 1 is 1.06 bits per heavy atom. The number of nitrogens with zero attached hydrogens (tertiary/aromatic N) is 1. The highest BCUT2D eigenvalue weighted by Crippen LogP contribution is 2.28. The predicted octanol–water partition coefficient (Wildman–Crippen LogP) is 2.92. The van der Waals surface area contributed by atoms with E-state index in [1.807, 2.05) is 19.1 Å². The summed E-state index contributed by atoms with van der Waals surface area (Å²) in [5, 5.41) is 15.2. The molecule has 2 unspecified atom stereocenters. The number of likely N-dealkylation sites (N-methyl/N-ethyl adjacent to an activating group) is 1. The van der Waals surface area contributed by atoms with E-state index in [1.165, 1.54) is 19.2 Å². The Bertz CT molecular complexity index is 1140. The summed E-state index contributed by atoms with van der Waals surface area (Å²) >= 11 is 0. The number of ether oxygens (including phenoxy) is 1. The summed E-state index contributed by atoms with van der Waals surface area (Å²) in [5.41, 5.74) is 6.79. The van der Waals surface area contributed by atoms with Crippen LogP contribution in [0, 0.1) is 13.8 Å². The molecular formula is C26H34N4O6. The van der Waals surface area contributed by atoms with E-state index >= 15 is 0 Å². The molecule has 0 aliphatic carbocycles. The minimum Gasteiger partial charge on any atom is -0.508 e. The first-order chi connectivity index (χ1) is 16.7. The van der Waals surface area contributed by atoms with Crippen molar-refractivity contribution in [3.8, 4) is 5.75 Å². The van der Waals surface area contributed by atoms with Gasteiger partial charge >= 0.3 is 6.09 Å². The number of rotatable bonds is 8. The van der Waals surface area contributed by atoms with Crippen LogP contribution in [0.25, 0.3) is 0 Å². The van der Waals surface area contributed by atoms with Crippen molar-refractivity contribution in [3.63, 3.8) is 0 Å². The van der Waals surface area contributed by atoms with Gasteiger partial charge < -0.3 is 31.1 Å². The molecule has 5 N–H and O–H groups in total. The van der Waals surface area contributed by atoms with Gasteiger partial charge in [-0.05, 0) is 69.5 Å². The average molecular weight is 499 g/mol. The van der Waals surface area contributed by atoms with Crippen LogP contribution in [0.4, 0.5) is 10.5 Å². The van der Waals surface area contributed by atoms with E-state index < -0.39 is 47.9 Å². The lowest BCUT2D eigenvalue weighted by Gasteiger charge is -2.31. The molecule has 2 aromatic rings. The summed E-state index contributed by atoms with van der Waals surface area (Å²) < 4.78 is 5.21. The lowest BCUT2D eigenvalue weighted by atomic mass is 10.00. The average Bonchev–Trinajstić information content (AvgIpc) is 2.75. The van der Waals surface area contributed by atoms with Gasteiger partial charge in [-0.15, -0.1) is 0 Å². The third-order valence-electron chi connectivity index (χ3n) is 5.32. The van der Waals surface area contributed by atoms with Gasteiger partial charge in [-0.2, -0.15) is 0 Å². The number of aryl methyl sites for hydroxylation is 2. The molecule has 2 rings (SSSR count). The highest BCUT2D eigenvalue weighted by molar-refractivity contribution is 6.00. The van der Waals surface area contributed by atoms with Gasteiger partial charge in [-0.25, -0.2) is 4.79 Å². The van der Waals surface area contributed by atoms with Gasteiger partial charge in [0.25, 0.3) is 5.91 Å². The molecule has 4 amide bonds. The third-order valence-corrected chi connectivity index (χ3v) is 5.32. The SMILES string of the molecule is Cc1cc(C(C(=O)Nc2ccccc2C)N(C)C(=O)C(CC(N)=O)NC(=O)OC(C)(C)C)ccc1O. The van der Waals surface area contributed by atoms with Gasteiger partial charge in [-0.3, -0.25) is 14.4 Å². The molecule has 10 nitrogen and oxygen atoms in total. The van der Waals surface area contributed by atoms with E-state index in [-0.39, 0.29) is 5.75 Å². The van der Waals surface area contributed by atoms with Crippen LogP contribution in [0.3, 0.4) is 0 Å². The number of hydrogen-bond acceptors (Lipinski definition) is 6. The zero-order chi connectivity index (χ0) is 27.2. The number of anilines is 1. The van der Waals surface area contributed by atoms with Gasteiger partial charge in [-0.1, -0.05) is 24.3 Å². The Kier molecular flexibility index (Phi) is 9.05. The second-order valence-electron chi connectivity index (χ2n) is 9.57. The highest BCUT2D eigenvalue weighted by Gasteiger charge is 2.35. The number of primary amides is 1. The number of hydrogen-bond donors (Lipinski definition) is 4. The summed E-state index contributed by atoms with van der Waals surface area (Å²) in [6.07, 6.45) is -1.40. The van der Waals surface area contributed by atoms with E-state index in [9.17, 15) is 24.3 Å². The first-order valence-corrected chi connectivity index (χ1v) is 11.4. The molecule has 0 aliphatic rings. The number of alkyl carbamates (subject to hydrolysis) is 1. The molecule has 0 aromatic heterocycles. The largest absolute Gasteiger partial charge is 0.508 e. The van der Waals surface area contributed by atoms with Gasteiger partial charge in [0.05, 0.1) is 6.42 Å². The summed E-state index contributed by atoms with van der Waals surface area (Å²) in [7, 11) is 1.39. The van der Waals surface area contributed by atoms with Gasteiger partial charge in [0.15, 0.2) is 0 Å². The van der Waals surface area contributed by atoms with Crippen LogP contribution in [0.5, 0.6) is 5.75 Å². The van der Waals surface area contributed by atoms with E-state index in [0.717, 1.165) is 10.5 Å². The Morgan fingerprint density at radius 3 is 2.25 bits per heavy atom. The Labute approximate surface area is 210 Å². The number of phenolic OH excluding ortho intramolecular Hbond substituents is 1. The topological polar surface area (TPSA) is 151 Å². The fourth-order valence-corrected chi connectivity index (χ4v) is 3.54. The highest BCUT2D eigenvalue weighted by atomic mass is 16.6. The summed E-state index contributed by atoms with van der Waals surface area (Å²) in [6.45, 7) is 8.46. The van der Waals surface area contributed by atoms with E-state index in [1.54, 1.807) is 45.9 Å². The number of benzene rings is 2. The zero-order valence-electron chi connectivity index (χ0n) is 21.4. The van der Waals surface area contributed by atoms with Crippen LogP contribution in [-0.4, -0.2) is 52.5 Å². The molecule has 194 valence electrons. The Hall–Kier alpha value is -4.08. The maximum absolute atomic E-state index is 13.5. The molecule has 0 saturated heterocycles. The summed E-state index contributed by atoms with van der Waals surface area (Å²) in [5.74, 6) is -2.04. The van der Waals surface area contributed by atoms with Gasteiger partial charge in [0.1, 0.15) is 23.4 Å². The molecule has 0 radical (unpaired) electrons. The van der Waals surface area contributed by atoms with Crippen molar-refractivity contribution < 1.29 is 29.0 Å². The van der Waals surface area contributed by atoms with E-state index in [0.29, 0.717) is 16.8 Å². The molecule has 0 spiro atoms. The fraction of sp³-hybridized carbons (Fsp3) is 0.385. The van der Waals surface area contributed by atoms with Crippen molar-refractivity contribution in [3.05, 3.63) is 59.2 Å². The normalized spacial score (nSPS) is 12.7. The van der Waals surface area contributed by atoms with E-state index in [2.05, 4.69) is 10.6 Å². The summed E-state index contributed by atoms with van der Waals surface area (Å²) in [4.78, 5) is 52.1. The molecule has 0 aliphatic heterocycles. The number of carbonyl (C=O) groups is 4. The van der Waals surface area contributed by atoms with Crippen molar-refractivity contribution >= 4 is 29.5 Å². The molecule has 0 heterocycles. The maximum atomic E-state index is 13.5. The number of nitrogens with two attached hydrogens (primary N) is 1. The van der Waals surface area contributed by atoms with Crippen LogP contribution in [0.2, 0.25) is 0 Å². The minimum atomic E-state index is -1.37. The van der Waals surface area contributed by atoms with Crippen molar-refractivity contribution in [2.75, 3.05) is 12.4 Å². The Balaban J connectivity index is 2.43. The van der Waals surface area contributed by atoms with Crippen LogP contribution in [-0.2, 0) is 19.1 Å². The van der Waals surface area contributed by atoms with Gasteiger partial charge in [0.2, 0.25) is 11.8 Å². The van der Waals surface area contributed by atoms with Crippen LogP contribution in [0.1, 0.15) is 49.9 Å². The fourth-order valence-electron chi connectivity index (χ4n) is 3.54. The molecule has 10 heteroatoms. The summed E-state index contributed by atoms with van der Waals surface area (Å²) in [6, 6.07) is 9.18. The van der Waals surface area contributed by atoms with Gasteiger partial charge in [0, 0.05) is 12.7 Å². The number of para-hydroxylation sites is 1. The lowest BCUT2D eigenvalue weighted by molar-refractivity contribution is -0.140. The predicted molar refractivity (Wildman–Crippen MR) is 135 cm³/mol. The smallest absolute Gasteiger partial charge is 0.408 e. The molecule has 2 atom stereocenters. The monoisotopic (exact) mass is 498 g/mol. The second kappa shape index (κ2) is 11.6. The number of carbonyl (C=O) groups excluding carboxylic acids is 4. The number of aromatic hydroxyl groups is 1. The van der Waals surface area contributed by atoms with Crippen LogP contribution >= 0.6 is 0 Å². The van der Waals surface area contributed by atoms with Crippen molar-refractivity contribution in [1.29, 1.82) is 0 Å². The maximum Gasteiger partial charge on any atom is 0.408 e. The third kappa shape index (κ3) is 7.72. The van der Waals surface area contributed by atoms with E-state index in [4.69, 9.17) is 10.5 Å². The molecule has 0 fully saturated rings. The number of amides is 4. The van der Waals surface area contributed by atoms with Crippen molar-refractivity contribution in [1.82, 2.24) is 10.2 Å². The molecule has 36 heavy (non-hydrogen) atoms.